The lowest BCUT2D eigenvalue weighted by Gasteiger charge is -2.11. The van der Waals surface area contributed by atoms with Crippen LogP contribution in [0.2, 0.25) is 0 Å². The maximum Gasteiger partial charge on any atom is 0.336 e. The molecule has 7 heteroatoms. The minimum Gasteiger partial charge on any atom is -0.478 e. The van der Waals surface area contributed by atoms with E-state index >= 15 is 0 Å². The summed E-state index contributed by atoms with van der Waals surface area (Å²) in [5.74, 6) is -0.404. The molecule has 1 aliphatic rings. The lowest BCUT2D eigenvalue weighted by molar-refractivity contribution is -0.114. The molecule has 6 nitrogen and oxygen atoms in total. The Morgan fingerprint density at radius 3 is 2.55 bits per heavy atom. The standard InChI is InChI=1S/C22H15IN2O4/c1-13-19(21(26)25(24-13)15-8-6-14(23)7-9-15)12-16-10-11-20(29-16)17-4-2-3-5-18(17)22(27)28/h2-12H,1H3,(H,27,28). The molecule has 3 aromatic rings. The van der Waals surface area contributed by atoms with E-state index in [2.05, 4.69) is 27.7 Å². The van der Waals surface area contributed by atoms with Crippen LogP contribution in [0.4, 0.5) is 5.69 Å². The third-order valence-corrected chi connectivity index (χ3v) is 5.19. The number of hydrazone groups is 1. The molecule has 29 heavy (non-hydrogen) atoms. The molecule has 1 aliphatic heterocycles. The number of carboxylic acids is 1. The van der Waals surface area contributed by atoms with Crippen molar-refractivity contribution in [3.05, 3.63) is 81.1 Å². The van der Waals surface area contributed by atoms with Gasteiger partial charge in [-0.2, -0.15) is 10.1 Å². The Kier molecular flexibility index (Phi) is 5.06. The predicted octanol–water partition coefficient (Wildman–Crippen LogP) is 5.06. The number of rotatable bonds is 4. The number of amides is 1. The Morgan fingerprint density at radius 1 is 1.10 bits per heavy atom. The minimum atomic E-state index is -1.03. The number of benzene rings is 2. The van der Waals surface area contributed by atoms with Crippen molar-refractivity contribution in [3.63, 3.8) is 0 Å². The van der Waals surface area contributed by atoms with Crippen LogP contribution in [-0.4, -0.2) is 22.7 Å². The predicted molar refractivity (Wildman–Crippen MR) is 119 cm³/mol. The highest BCUT2D eigenvalue weighted by Gasteiger charge is 2.29. The van der Waals surface area contributed by atoms with Gasteiger partial charge in [0.25, 0.3) is 5.91 Å². The summed E-state index contributed by atoms with van der Waals surface area (Å²) in [7, 11) is 0. The van der Waals surface area contributed by atoms with Gasteiger partial charge in [-0.1, -0.05) is 18.2 Å². The van der Waals surface area contributed by atoms with Gasteiger partial charge in [0.1, 0.15) is 11.5 Å². The fourth-order valence-electron chi connectivity index (χ4n) is 3.04. The summed E-state index contributed by atoms with van der Waals surface area (Å²) in [6, 6.07) is 17.5. The van der Waals surface area contributed by atoms with Gasteiger partial charge < -0.3 is 9.52 Å². The summed E-state index contributed by atoms with van der Waals surface area (Å²) in [6.45, 7) is 1.76. The number of carbonyl (C=O) groups is 2. The molecule has 0 saturated heterocycles. The molecule has 0 radical (unpaired) electrons. The molecular formula is C22H15IN2O4. The first-order chi connectivity index (χ1) is 13.9. The van der Waals surface area contributed by atoms with Crippen LogP contribution in [-0.2, 0) is 4.79 Å². The average molecular weight is 498 g/mol. The zero-order chi connectivity index (χ0) is 20.5. The molecule has 4 rings (SSSR count). The molecule has 144 valence electrons. The first-order valence-corrected chi connectivity index (χ1v) is 9.82. The number of carboxylic acid groups (broad SMARTS) is 1. The van der Waals surface area contributed by atoms with Crippen LogP contribution in [0.5, 0.6) is 0 Å². The quantitative estimate of drug-likeness (QED) is 0.403. The van der Waals surface area contributed by atoms with Gasteiger partial charge in [-0.25, -0.2) is 4.79 Å². The number of hydrogen-bond donors (Lipinski definition) is 1. The number of anilines is 1. The molecule has 0 saturated carbocycles. The summed E-state index contributed by atoms with van der Waals surface area (Å²) in [4.78, 5) is 24.3. The van der Waals surface area contributed by atoms with E-state index in [1.54, 1.807) is 43.3 Å². The van der Waals surface area contributed by atoms with Crippen LogP contribution in [0.25, 0.3) is 17.4 Å². The smallest absolute Gasteiger partial charge is 0.336 e. The minimum absolute atomic E-state index is 0.153. The van der Waals surface area contributed by atoms with Crippen molar-refractivity contribution < 1.29 is 19.1 Å². The molecule has 1 amide bonds. The summed E-state index contributed by atoms with van der Waals surface area (Å²) < 4.78 is 6.88. The molecule has 0 unspecified atom stereocenters. The summed E-state index contributed by atoms with van der Waals surface area (Å²) >= 11 is 2.20. The van der Waals surface area contributed by atoms with E-state index in [-0.39, 0.29) is 11.5 Å². The highest BCUT2D eigenvalue weighted by atomic mass is 127. The largest absolute Gasteiger partial charge is 0.478 e. The normalized spacial score (nSPS) is 15.1. The van der Waals surface area contributed by atoms with Gasteiger partial charge in [-0.3, -0.25) is 4.79 Å². The molecule has 1 aromatic heterocycles. The van der Waals surface area contributed by atoms with Gasteiger partial charge in [-0.05, 0) is 78.1 Å². The first-order valence-electron chi connectivity index (χ1n) is 8.74. The van der Waals surface area contributed by atoms with Crippen molar-refractivity contribution in [2.24, 2.45) is 5.10 Å². The zero-order valence-electron chi connectivity index (χ0n) is 15.3. The lowest BCUT2D eigenvalue weighted by atomic mass is 10.1. The SMILES string of the molecule is CC1=NN(c2ccc(I)cc2)C(=O)C1=Cc1ccc(-c2ccccc2C(=O)O)o1. The van der Waals surface area contributed by atoms with Crippen molar-refractivity contribution in [2.75, 3.05) is 5.01 Å². The molecular weight excluding hydrogens is 483 g/mol. The number of halogens is 1. The van der Waals surface area contributed by atoms with E-state index < -0.39 is 5.97 Å². The second kappa shape index (κ2) is 7.67. The lowest BCUT2D eigenvalue weighted by Crippen LogP contribution is -2.21. The Labute approximate surface area is 180 Å². The van der Waals surface area contributed by atoms with E-state index in [0.29, 0.717) is 34.1 Å². The number of hydrogen-bond acceptors (Lipinski definition) is 4. The third-order valence-electron chi connectivity index (χ3n) is 4.47. The van der Waals surface area contributed by atoms with E-state index in [0.717, 1.165) is 3.57 Å². The van der Waals surface area contributed by atoms with Crippen LogP contribution in [0, 0.1) is 3.57 Å². The number of furan rings is 1. The summed E-state index contributed by atoms with van der Waals surface area (Å²) in [5.41, 5.74) is 2.33. The molecule has 1 N–H and O–H groups in total. The highest BCUT2D eigenvalue weighted by molar-refractivity contribution is 14.1. The van der Waals surface area contributed by atoms with Crippen molar-refractivity contribution >= 4 is 51.9 Å². The highest BCUT2D eigenvalue weighted by Crippen LogP contribution is 2.29. The van der Waals surface area contributed by atoms with E-state index in [1.165, 1.54) is 11.1 Å². The average Bonchev–Trinajstić information content (AvgIpc) is 3.29. The Bertz CT molecular complexity index is 1180. The third kappa shape index (κ3) is 3.73. The topological polar surface area (TPSA) is 83.1 Å². The van der Waals surface area contributed by atoms with E-state index in [4.69, 9.17) is 4.42 Å². The number of aromatic carboxylic acids is 1. The molecule has 2 aromatic carbocycles. The van der Waals surface area contributed by atoms with E-state index in [9.17, 15) is 14.7 Å². The maximum absolute atomic E-state index is 12.8. The Balaban J connectivity index is 1.65. The van der Waals surface area contributed by atoms with Gasteiger partial charge in [0.15, 0.2) is 0 Å². The second-order valence-corrected chi connectivity index (χ2v) is 7.64. The maximum atomic E-state index is 12.8. The summed E-state index contributed by atoms with van der Waals surface area (Å²) in [5, 5.41) is 15.1. The zero-order valence-corrected chi connectivity index (χ0v) is 17.5. The molecule has 0 fully saturated rings. The molecule has 0 bridgehead atoms. The fraction of sp³-hybridized carbons (Fsp3) is 0.0455. The van der Waals surface area contributed by atoms with Crippen LogP contribution in [0.1, 0.15) is 23.0 Å². The van der Waals surface area contributed by atoms with Gasteiger partial charge in [0.2, 0.25) is 0 Å². The summed E-state index contributed by atoms with van der Waals surface area (Å²) in [6.07, 6.45) is 1.63. The van der Waals surface area contributed by atoms with Crippen LogP contribution < -0.4 is 5.01 Å². The fourth-order valence-corrected chi connectivity index (χ4v) is 3.40. The van der Waals surface area contributed by atoms with Gasteiger partial charge in [0, 0.05) is 9.13 Å². The van der Waals surface area contributed by atoms with Crippen molar-refractivity contribution in [1.82, 2.24) is 0 Å². The van der Waals surface area contributed by atoms with Crippen LogP contribution >= 0.6 is 22.6 Å². The monoisotopic (exact) mass is 498 g/mol. The molecule has 0 atom stereocenters. The molecule has 2 heterocycles. The number of carbonyl (C=O) groups excluding carboxylic acids is 1. The Hall–Kier alpha value is -3.20. The van der Waals surface area contributed by atoms with Crippen LogP contribution in [0.3, 0.4) is 0 Å². The molecule has 0 aliphatic carbocycles. The van der Waals surface area contributed by atoms with Crippen LogP contribution in [0.15, 0.2) is 75.8 Å². The Morgan fingerprint density at radius 2 is 1.83 bits per heavy atom. The van der Waals surface area contributed by atoms with Gasteiger partial charge in [0.05, 0.1) is 22.5 Å². The van der Waals surface area contributed by atoms with Crippen molar-refractivity contribution in [3.8, 4) is 11.3 Å². The second-order valence-electron chi connectivity index (χ2n) is 6.39. The molecule has 0 spiro atoms. The van der Waals surface area contributed by atoms with Crippen molar-refractivity contribution in [2.45, 2.75) is 6.92 Å². The van der Waals surface area contributed by atoms with Gasteiger partial charge >= 0.3 is 5.97 Å². The van der Waals surface area contributed by atoms with Crippen molar-refractivity contribution in [1.29, 1.82) is 0 Å². The number of nitrogens with zero attached hydrogens (tertiary/aromatic N) is 2. The first kappa shape index (κ1) is 19.1. The van der Waals surface area contributed by atoms with E-state index in [1.807, 2.05) is 24.3 Å². The van der Waals surface area contributed by atoms with Gasteiger partial charge in [-0.15, -0.1) is 0 Å².